The van der Waals surface area contributed by atoms with Crippen molar-refractivity contribution >= 4 is 25.1 Å². The van der Waals surface area contributed by atoms with Crippen molar-refractivity contribution < 1.29 is 22.7 Å². The van der Waals surface area contributed by atoms with Crippen molar-refractivity contribution in [1.82, 2.24) is 0 Å². The summed E-state index contributed by atoms with van der Waals surface area (Å²) in [5.41, 5.74) is 1.51. The van der Waals surface area contributed by atoms with E-state index >= 15 is 0 Å². The Morgan fingerprint density at radius 2 is 1.64 bits per heavy atom. The predicted octanol–water partition coefficient (Wildman–Crippen LogP) is 4.90. The summed E-state index contributed by atoms with van der Waals surface area (Å²) in [6.07, 6.45) is 3.61. The SMILES string of the molecule is CCOP(=O)(OCC)c1cc(OC)ccc1/C=C/c1ccc(F)cc1. The van der Waals surface area contributed by atoms with Gasteiger partial charge in [0, 0.05) is 0 Å². The molecule has 25 heavy (non-hydrogen) atoms. The Bertz CT molecular complexity index is 761. The normalized spacial score (nSPS) is 11.8. The number of hydrogen-bond donors (Lipinski definition) is 0. The Labute approximate surface area is 147 Å². The molecule has 0 aromatic heterocycles. The van der Waals surface area contributed by atoms with Crippen LogP contribution >= 0.6 is 7.60 Å². The fraction of sp³-hybridized carbons (Fsp3) is 0.263. The first-order valence-corrected chi connectivity index (χ1v) is 9.58. The summed E-state index contributed by atoms with van der Waals surface area (Å²) in [7, 11) is -1.93. The summed E-state index contributed by atoms with van der Waals surface area (Å²) in [6.45, 7) is 4.05. The molecule has 134 valence electrons. The topological polar surface area (TPSA) is 44.8 Å². The van der Waals surface area contributed by atoms with Gasteiger partial charge in [0.25, 0.3) is 0 Å². The number of ether oxygens (including phenoxy) is 1. The molecule has 0 aliphatic heterocycles. The molecule has 0 saturated carbocycles. The third kappa shape index (κ3) is 5.02. The van der Waals surface area contributed by atoms with Gasteiger partial charge in [-0.25, -0.2) is 4.39 Å². The van der Waals surface area contributed by atoms with Crippen molar-refractivity contribution in [3.05, 3.63) is 59.4 Å². The van der Waals surface area contributed by atoms with Crippen molar-refractivity contribution in [2.75, 3.05) is 20.3 Å². The molecule has 0 radical (unpaired) electrons. The van der Waals surface area contributed by atoms with E-state index in [1.165, 1.54) is 12.1 Å². The van der Waals surface area contributed by atoms with Crippen molar-refractivity contribution in [2.45, 2.75) is 13.8 Å². The van der Waals surface area contributed by atoms with Crippen LogP contribution in [0.25, 0.3) is 12.2 Å². The van der Waals surface area contributed by atoms with Gasteiger partial charge in [0.15, 0.2) is 0 Å². The molecule has 0 heterocycles. The smallest absolute Gasteiger partial charge is 0.362 e. The van der Waals surface area contributed by atoms with Crippen LogP contribution in [0.15, 0.2) is 42.5 Å². The highest BCUT2D eigenvalue weighted by molar-refractivity contribution is 7.62. The number of hydrogen-bond acceptors (Lipinski definition) is 4. The van der Waals surface area contributed by atoms with Crippen LogP contribution in [-0.4, -0.2) is 20.3 Å². The number of halogens is 1. The molecule has 0 N–H and O–H groups in total. The number of methoxy groups -OCH3 is 1. The first-order chi connectivity index (χ1) is 12.0. The molecule has 2 rings (SSSR count). The van der Waals surface area contributed by atoms with E-state index in [0.717, 1.165) is 5.56 Å². The molecule has 2 aromatic rings. The Hall–Kier alpha value is -1.94. The zero-order chi connectivity index (χ0) is 18.3. The average molecular weight is 364 g/mol. The molecule has 6 heteroatoms. The zero-order valence-corrected chi connectivity index (χ0v) is 15.5. The zero-order valence-electron chi connectivity index (χ0n) is 14.6. The molecule has 0 fully saturated rings. The molecule has 0 aliphatic carbocycles. The minimum absolute atomic E-state index is 0.260. The van der Waals surface area contributed by atoms with Crippen LogP contribution < -0.4 is 10.0 Å². The van der Waals surface area contributed by atoms with E-state index in [1.807, 2.05) is 6.08 Å². The third-order valence-corrected chi connectivity index (χ3v) is 5.63. The molecule has 0 unspecified atom stereocenters. The maximum Gasteiger partial charge on any atom is 0.362 e. The van der Waals surface area contributed by atoms with E-state index in [1.54, 1.807) is 57.4 Å². The number of rotatable bonds is 8. The fourth-order valence-corrected chi connectivity index (χ4v) is 4.09. The van der Waals surface area contributed by atoms with Crippen LogP contribution in [0, 0.1) is 5.82 Å². The Kier molecular flexibility index (Phi) is 6.94. The molecule has 0 spiro atoms. The predicted molar refractivity (Wildman–Crippen MR) is 98.8 cm³/mol. The summed E-state index contributed by atoms with van der Waals surface area (Å²) in [5, 5.41) is 0.439. The average Bonchev–Trinajstić information content (AvgIpc) is 2.61. The van der Waals surface area contributed by atoms with Gasteiger partial charge in [0.1, 0.15) is 11.6 Å². The summed E-state index contributed by atoms with van der Waals surface area (Å²) in [4.78, 5) is 0. The summed E-state index contributed by atoms with van der Waals surface area (Å²) >= 11 is 0. The molecule has 0 amide bonds. The molecule has 0 aliphatic rings. The second-order valence-corrected chi connectivity index (χ2v) is 7.14. The third-order valence-electron chi connectivity index (χ3n) is 3.46. The number of benzene rings is 2. The lowest BCUT2D eigenvalue weighted by Gasteiger charge is -2.19. The van der Waals surface area contributed by atoms with Gasteiger partial charge < -0.3 is 13.8 Å². The van der Waals surface area contributed by atoms with E-state index in [4.69, 9.17) is 13.8 Å². The van der Waals surface area contributed by atoms with Gasteiger partial charge in [-0.1, -0.05) is 30.4 Å². The first-order valence-electron chi connectivity index (χ1n) is 8.03. The highest BCUT2D eigenvalue weighted by Crippen LogP contribution is 2.48. The minimum Gasteiger partial charge on any atom is -0.497 e. The van der Waals surface area contributed by atoms with Crippen LogP contribution in [0.2, 0.25) is 0 Å². The highest BCUT2D eigenvalue weighted by atomic mass is 31.2. The summed E-state index contributed by atoms with van der Waals surface area (Å²) < 4.78 is 42.3. The van der Waals surface area contributed by atoms with Gasteiger partial charge in [0.2, 0.25) is 0 Å². The highest BCUT2D eigenvalue weighted by Gasteiger charge is 2.29. The lowest BCUT2D eigenvalue weighted by Crippen LogP contribution is -2.14. The lowest BCUT2D eigenvalue weighted by molar-refractivity contribution is 0.230. The lowest BCUT2D eigenvalue weighted by atomic mass is 10.1. The van der Waals surface area contributed by atoms with E-state index in [2.05, 4.69) is 0 Å². The Balaban J connectivity index is 2.46. The van der Waals surface area contributed by atoms with Gasteiger partial charge >= 0.3 is 7.60 Å². The Morgan fingerprint density at radius 3 is 2.20 bits per heavy atom. The minimum atomic E-state index is -3.47. The molecular formula is C19H22FO4P. The maximum absolute atomic E-state index is 13.2. The van der Waals surface area contributed by atoms with Crippen LogP contribution in [0.3, 0.4) is 0 Å². The summed E-state index contributed by atoms with van der Waals surface area (Å²) in [5.74, 6) is 0.271. The van der Waals surface area contributed by atoms with Gasteiger partial charge in [-0.3, -0.25) is 4.57 Å². The largest absolute Gasteiger partial charge is 0.497 e. The van der Waals surface area contributed by atoms with Crippen LogP contribution in [-0.2, 0) is 13.6 Å². The van der Waals surface area contributed by atoms with Crippen molar-refractivity contribution in [3.8, 4) is 5.75 Å². The van der Waals surface area contributed by atoms with E-state index < -0.39 is 7.60 Å². The Morgan fingerprint density at radius 1 is 1.00 bits per heavy atom. The van der Waals surface area contributed by atoms with Crippen LogP contribution in [0.5, 0.6) is 5.75 Å². The second kappa shape index (κ2) is 8.95. The van der Waals surface area contributed by atoms with E-state index in [9.17, 15) is 8.96 Å². The van der Waals surface area contributed by atoms with Crippen LogP contribution in [0.4, 0.5) is 4.39 Å². The maximum atomic E-state index is 13.2. The van der Waals surface area contributed by atoms with Gasteiger partial charge in [0.05, 0.1) is 25.6 Å². The molecular weight excluding hydrogens is 342 g/mol. The van der Waals surface area contributed by atoms with Gasteiger partial charge in [-0.2, -0.15) is 0 Å². The monoisotopic (exact) mass is 364 g/mol. The standard InChI is InChI=1S/C19H22FO4P/c1-4-23-25(21,24-5-2)19-14-18(22-3)13-10-16(19)9-6-15-7-11-17(20)12-8-15/h6-14H,4-5H2,1-3H3/b9-6+. The molecule has 0 atom stereocenters. The van der Waals surface area contributed by atoms with E-state index in [0.29, 0.717) is 16.6 Å². The van der Waals surface area contributed by atoms with E-state index in [-0.39, 0.29) is 19.0 Å². The summed E-state index contributed by atoms with van der Waals surface area (Å²) in [6, 6.07) is 11.3. The second-order valence-electron chi connectivity index (χ2n) is 5.14. The van der Waals surface area contributed by atoms with Crippen molar-refractivity contribution in [1.29, 1.82) is 0 Å². The molecule has 0 saturated heterocycles. The molecule has 0 bridgehead atoms. The molecule has 2 aromatic carbocycles. The molecule has 4 nitrogen and oxygen atoms in total. The fourth-order valence-electron chi connectivity index (χ4n) is 2.30. The first kappa shape index (κ1) is 19.4. The van der Waals surface area contributed by atoms with Crippen molar-refractivity contribution in [2.24, 2.45) is 0 Å². The van der Waals surface area contributed by atoms with Gasteiger partial charge in [-0.05, 0) is 49.2 Å². The van der Waals surface area contributed by atoms with Crippen LogP contribution in [0.1, 0.15) is 25.0 Å². The van der Waals surface area contributed by atoms with Crippen molar-refractivity contribution in [3.63, 3.8) is 0 Å². The quantitative estimate of drug-likeness (QED) is 0.494. The van der Waals surface area contributed by atoms with Gasteiger partial charge in [-0.15, -0.1) is 0 Å².